The lowest BCUT2D eigenvalue weighted by molar-refractivity contribution is -0.137. The van der Waals surface area contributed by atoms with E-state index in [1.165, 1.54) is 5.56 Å². The van der Waals surface area contributed by atoms with Crippen molar-refractivity contribution in [1.82, 2.24) is 9.80 Å². The molecule has 0 saturated carbocycles. The number of aryl methyl sites for hydroxylation is 1. The summed E-state index contributed by atoms with van der Waals surface area (Å²) in [6, 6.07) is 23.7. The summed E-state index contributed by atoms with van der Waals surface area (Å²) >= 11 is 1.88. The molecule has 1 fully saturated rings. The largest absolute Gasteiger partial charge is 0.481 e. The average molecular weight is 501 g/mol. The highest BCUT2D eigenvalue weighted by atomic mass is 32.2. The van der Waals surface area contributed by atoms with E-state index < -0.39 is 6.10 Å². The van der Waals surface area contributed by atoms with E-state index in [-0.39, 0.29) is 17.9 Å². The van der Waals surface area contributed by atoms with Crippen molar-refractivity contribution in [2.75, 3.05) is 31.1 Å². The number of carbonyl (C=O) groups excluding carboxylic acids is 2. The highest BCUT2D eigenvalue weighted by Crippen LogP contribution is 2.38. The van der Waals surface area contributed by atoms with Gasteiger partial charge in [0.25, 0.3) is 11.8 Å². The van der Waals surface area contributed by atoms with Crippen molar-refractivity contribution < 1.29 is 14.3 Å². The Hall–Kier alpha value is -3.25. The zero-order chi connectivity index (χ0) is 25.1. The van der Waals surface area contributed by atoms with E-state index >= 15 is 0 Å². The van der Waals surface area contributed by atoms with Crippen molar-refractivity contribution in [3.63, 3.8) is 0 Å². The van der Waals surface area contributed by atoms with Crippen LogP contribution in [0.5, 0.6) is 5.75 Å². The summed E-state index contributed by atoms with van der Waals surface area (Å²) in [4.78, 5) is 30.5. The molecule has 0 unspecified atom stereocenters. The van der Waals surface area contributed by atoms with Gasteiger partial charge in [-0.2, -0.15) is 11.8 Å². The molecule has 186 valence electrons. The summed E-state index contributed by atoms with van der Waals surface area (Å²) in [5.41, 5.74) is 5.18. The first-order valence-corrected chi connectivity index (χ1v) is 13.8. The number of rotatable bonds is 5. The summed E-state index contributed by atoms with van der Waals surface area (Å²) in [5.74, 6) is 2.66. The molecule has 6 heteroatoms. The molecule has 2 atom stereocenters. The average Bonchev–Trinajstić information content (AvgIpc) is 2.92. The predicted molar refractivity (Wildman–Crippen MR) is 145 cm³/mol. The molecular formula is C30H32N2O3S. The number of fused-ring (bicyclic) bond motifs is 1. The van der Waals surface area contributed by atoms with Crippen molar-refractivity contribution >= 4 is 23.6 Å². The van der Waals surface area contributed by atoms with Crippen molar-refractivity contribution in [2.24, 2.45) is 0 Å². The van der Waals surface area contributed by atoms with Gasteiger partial charge in [-0.25, -0.2) is 0 Å². The second-order valence-corrected chi connectivity index (χ2v) is 10.7. The monoisotopic (exact) mass is 500 g/mol. The Bertz CT molecular complexity index is 1240. The molecule has 0 aromatic heterocycles. The number of ether oxygens (including phenoxy) is 1. The Labute approximate surface area is 217 Å². The number of thioether (sulfide) groups is 1. The van der Waals surface area contributed by atoms with E-state index in [0.717, 1.165) is 47.7 Å². The van der Waals surface area contributed by atoms with Gasteiger partial charge in [-0.15, -0.1) is 0 Å². The van der Waals surface area contributed by atoms with Crippen molar-refractivity contribution in [2.45, 2.75) is 32.4 Å². The highest BCUT2D eigenvalue weighted by molar-refractivity contribution is 7.99. The molecule has 0 radical (unpaired) electrons. The molecule has 0 spiro atoms. The maximum atomic E-state index is 13.6. The van der Waals surface area contributed by atoms with Crippen LogP contribution in [0.15, 0.2) is 72.8 Å². The predicted octanol–water partition coefficient (Wildman–Crippen LogP) is 5.13. The molecule has 36 heavy (non-hydrogen) atoms. The molecule has 0 bridgehead atoms. The Morgan fingerprint density at radius 3 is 2.47 bits per heavy atom. The van der Waals surface area contributed by atoms with Gasteiger partial charge in [0.2, 0.25) is 0 Å². The van der Waals surface area contributed by atoms with Crippen LogP contribution in [0.4, 0.5) is 0 Å². The summed E-state index contributed by atoms with van der Waals surface area (Å²) in [7, 11) is 0. The lowest BCUT2D eigenvalue weighted by Crippen LogP contribution is -2.44. The summed E-state index contributed by atoms with van der Waals surface area (Å²) in [6.07, 6.45) is 0.213. The molecule has 3 aromatic rings. The van der Waals surface area contributed by atoms with Crippen LogP contribution in [0.1, 0.15) is 45.6 Å². The first-order valence-electron chi connectivity index (χ1n) is 12.6. The molecule has 2 amide bonds. The summed E-state index contributed by atoms with van der Waals surface area (Å²) in [6.45, 7) is 6.08. The molecule has 5 nitrogen and oxygen atoms in total. The second-order valence-electron chi connectivity index (χ2n) is 9.49. The summed E-state index contributed by atoms with van der Waals surface area (Å²) < 4.78 is 6.18. The van der Waals surface area contributed by atoms with E-state index in [0.29, 0.717) is 17.9 Å². The molecule has 0 N–H and O–H groups in total. The third-order valence-electron chi connectivity index (χ3n) is 6.97. The number of amides is 2. The maximum absolute atomic E-state index is 13.6. The van der Waals surface area contributed by atoms with Crippen LogP contribution >= 0.6 is 11.8 Å². The third-order valence-corrected chi connectivity index (χ3v) is 7.91. The molecular weight excluding hydrogens is 468 g/mol. The minimum Gasteiger partial charge on any atom is -0.481 e. The quantitative estimate of drug-likeness (QED) is 0.488. The van der Waals surface area contributed by atoms with Crippen LogP contribution in [-0.4, -0.2) is 58.9 Å². The Morgan fingerprint density at radius 2 is 1.72 bits per heavy atom. The van der Waals surface area contributed by atoms with Gasteiger partial charge in [-0.05, 0) is 61.2 Å². The normalized spacial score (nSPS) is 18.3. The molecule has 0 aliphatic carbocycles. The van der Waals surface area contributed by atoms with E-state index in [1.54, 1.807) is 0 Å². The van der Waals surface area contributed by atoms with Gasteiger partial charge in [0, 0.05) is 36.7 Å². The first kappa shape index (κ1) is 24.4. The summed E-state index contributed by atoms with van der Waals surface area (Å²) in [5, 5.41) is 0. The zero-order valence-corrected chi connectivity index (χ0v) is 21.7. The van der Waals surface area contributed by atoms with Gasteiger partial charge in [0.05, 0.1) is 6.04 Å². The topological polar surface area (TPSA) is 49.9 Å². The van der Waals surface area contributed by atoms with Gasteiger partial charge in [-0.3, -0.25) is 9.59 Å². The highest BCUT2D eigenvalue weighted by Gasteiger charge is 2.33. The van der Waals surface area contributed by atoms with E-state index in [2.05, 4.69) is 31.2 Å². The van der Waals surface area contributed by atoms with Crippen molar-refractivity contribution in [3.05, 3.63) is 101 Å². The number of benzene rings is 3. The zero-order valence-electron chi connectivity index (χ0n) is 20.9. The number of hydrogen-bond donors (Lipinski definition) is 0. The fourth-order valence-corrected chi connectivity index (χ4v) is 6.03. The molecule has 5 rings (SSSR count). The molecule has 2 aliphatic heterocycles. The Balaban J connectivity index is 1.47. The fraction of sp³-hybridized carbons (Fsp3) is 0.333. The van der Waals surface area contributed by atoms with E-state index in [9.17, 15) is 9.59 Å². The second kappa shape index (κ2) is 10.8. The standard InChI is InChI=1S/C30H32N2O3S/c1-21-7-6-10-25(19-21)28-27-20-26(35-22(2)29(33)31-15-17-36-18-16-31)12-11-23(27)13-14-32(28)30(34)24-8-4-3-5-9-24/h3-12,19-20,22,28H,13-18H2,1-2H3/t22-,28-/m1/s1. The molecule has 2 heterocycles. The van der Waals surface area contributed by atoms with Crippen LogP contribution in [0, 0.1) is 6.92 Å². The Kier molecular flexibility index (Phi) is 7.33. The Morgan fingerprint density at radius 1 is 0.944 bits per heavy atom. The molecule has 3 aromatic carbocycles. The van der Waals surface area contributed by atoms with Gasteiger partial charge in [0.15, 0.2) is 6.10 Å². The van der Waals surface area contributed by atoms with Crippen LogP contribution in [0.25, 0.3) is 0 Å². The molecule has 1 saturated heterocycles. The molecule has 2 aliphatic rings. The van der Waals surface area contributed by atoms with Gasteiger partial charge in [-0.1, -0.05) is 54.1 Å². The minimum atomic E-state index is -0.561. The van der Waals surface area contributed by atoms with E-state index in [1.807, 2.05) is 77.0 Å². The number of nitrogens with zero attached hydrogens (tertiary/aromatic N) is 2. The lowest BCUT2D eigenvalue weighted by atomic mass is 9.87. The van der Waals surface area contributed by atoms with Crippen LogP contribution < -0.4 is 4.74 Å². The maximum Gasteiger partial charge on any atom is 0.263 e. The van der Waals surface area contributed by atoms with Crippen molar-refractivity contribution in [3.8, 4) is 5.75 Å². The van der Waals surface area contributed by atoms with Crippen LogP contribution in [-0.2, 0) is 11.2 Å². The third kappa shape index (κ3) is 5.14. The minimum absolute atomic E-state index is 0.0191. The SMILES string of the molecule is Cc1cccc([C@@H]2c3cc(O[C@H](C)C(=O)N4CCSCC4)ccc3CCN2C(=O)c2ccccc2)c1. The number of hydrogen-bond acceptors (Lipinski definition) is 4. The van der Waals surface area contributed by atoms with Gasteiger partial charge >= 0.3 is 0 Å². The van der Waals surface area contributed by atoms with E-state index in [4.69, 9.17) is 4.74 Å². The van der Waals surface area contributed by atoms with Gasteiger partial charge in [0.1, 0.15) is 5.75 Å². The smallest absolute Gasteiger partial charge is 0.263 e. The van der Waals surface area contributed by atoms with Crippen molar-refractivity contribution in [1.29, 1.82) is 0 Å². The number of carbonyl (C=O) groups is 2. The van der Waals surface area contributed by atoms with Crippen LogP contribution in [0.2, 0.25) is 0 Å². The lowest BCUT2D eigenvalue weighted by Gasteiger charge is -2.38. The first-order chi connectivity index (χ1) is 17.5. The fourth-order valence-electron chi connectivity index (χ4n) is 5.13. The van der Waals surface area contributed by atoms with Crippen LogP contribution in [0.3, 0.4) is 0 Å². The van der Waals surface area contributed by atoms with Gasteiger partial charge < -0.3 is 14.5 Å².